The molecule has 0 radical (unpaired) electrons. The van der Waals surface area contributed by atoms with Crippen LogP contribution in [0.4, 0.5) is 10.6 Å². The lowest BCUT2D eigenvalue weighted by atomic mass is 10.2. The van der Waals surface area contributed by atoms with E-state index in [0.717, 1.165) is 18.5 Å². The van der Waals surface area contributed by atoms with Crippen LogP contribution in [0.25, 0.3) is 0 Å². The lowest BCUT2D eigenvalue weighted by molar-refractivity contribution is 0.117. The van der Waals surface area contributed by atoms with E-state index < -0.39 is 6.10 Å². The van der Waals surface area contributed by atoms with Gasteiger partial charge in [0, 0.05) is 32.4 Å². The Balaban J connectivity index is 1.86. The van der Waals surface area contributed by atoms with Crippen LogP contribution in [-0.2, 0) is 7.05 Å². The summed E-state index contributed by atoms with van der Waals surface area (Å²) in [6.07, 6.45) is 1.72. The van der Waals surface area contributed by atoms with Gasteiger partial charge in [0.05, 0.1) is 6.10 Å². The second kappa shape index (κ2) is 4.97. The molecule has 100 valence electrons. The van der Waals surface area contributed by atoms with Gasteiger partial charge in [-0.2, -0.15) is 5.10 Å². The molecule has 0 aromatic carbocycles. The first-order valence-corrected chi connectivity index (χ1v) is 6.18. The second-order valence-corrected chi connectivity index (χ2v) is 5.01. The van der Waals surface area contributed by atoms with Crippen LogP contribution in [0.2, 0.25) is 0 Å². The van der Waals surface area contributed by atoms with Gasteiger partial charge in [-0.15, -0.1) is 0 Å². The van der Waals surface area contributed by atoms with Crippen molar-refractivity contribution in [1.82, 2.24) is 14.7 Å². The number of nitrogens with zero attached hydrogens (tertiary/aromatic N) is 3. The third kappa shape index (κ3) is 3.01. The molecule has 2 N–H and O–H groups in total. The maximum absolute atomic E-state index is 11.9. The van der Waals surface area contributed by atoms with Crippen LogP contribution in [0.15, 0.2) is 6.07 Å². The molecule has 0 aliphatic heterocycles. The topological polar surface area (TPSA) is 70.4 Å². The zero-order valence-corrected chi connectivity index (χ0v) is 11.1. The summed E-state index contributed by atoms with van der Waals surface area (Å²) < 4.78 is 1.70. The van der Waals surface area contributed by atoms with Gasteiger partial charge in [-0.25, -0.2) is 4.79 Å². The number of nitrogens with one attached hydrogen (secondary N) is 1. The van der Waals surface area contributed by atoms with E-state index in [-0.39, 0.29) is 6.03 Å². The number of urea groups is 1. The number of carbonyl (C=O) groups is 1. The summed E-state index contributed by atoms with van der Waals surface area (Å²) in [5.74, 6) is 0.908. The molecule has 1 unspecified atom stereocenters. The van der Waals surface area contributed by atoms with Gasteiger partial charge in [0.1, 0.15) is 0 Å². The fourth-order valence-electron chi connectivity index (χ4n) is 1.82. The number of carbonyl (C=O) groups excluding carboxylic acids is 1. The van der Waals surface area contributed by atoms with E-state index in [0.29, 0.717) is 18.3 Å². The monoisotopic (exact) mass is 252 g/mol. The largest absolute Gasteiger partial charge is 0.391 e. The first kappa shape index (κ1) is 12.9. The number of aliphatic hydroxyl groups excluding tert-OH is 1. The maximum Gasteiger partial charge on any atom is 0.322 e. The number of aromatic nitrogens is 2. The minimum Gasteiger partial charge on any atom is -0.391 e. The summed E-state index contributed by atoms with van der Waals surface area (Å²) in [6, 6.07) is 1.57. The Hall–Kier alpha value is -1.56. The van der Waals surface area contributed by atoms with Crippen LogP contribution in [-0.4, -0.2) is 45.5 Å². The second-order valence-electron chi connectivity index (χ2n) is 5.01. The van der Waals surface area contributed by atoms with Crippen molar-refractivity contribution >= 4 is 11.8 Å². The third-order valence-corrected chi connectivity index (χ3v) is 3.32. The molecule has 1 saturated carbocycles. The number of aryl methyl sites for hydroxylation is 2. The molecule has 6 heteroatoms. The summed E-state index contributed by atoms with van der Waals surface area (Å²) >= 11 is 0. The molecule has 2 rings (SSSR count). The molecule has 0 spiro atoms. The highest BCUT2D eigenvalue weighted by Gasteiger charge is 2.31. The van der Waals surface area contributed by atoms with Gasteiger partial charge in [0.25, 0.3) is 0 Å². The maximum atomic E-state index is 11.9. The highest BCUT2D eigenvalue weighted by atomic mass is 16.3. The Morgan fingerprint density at radius 2 is 2.39 bits per heavy atom. The number of hydrogen-bond donors (Lipinski definition) is 2. The molecule has 18 heavy (non-hydrogen) atoms. The van der Waals surface area contributed by atoms with Crippen molar-refractivity contribution < 1.29 is 9.90 Å². The van der Waals surface area contributed by atoms with E-state index in [2.05, 4.69) is 10.4 Å². The first-order valence-electron chi connectivity index (χ1n) is 6.18. The number of likely N-dealkylation sites (N-methyl/N-ethyl adjacent to an activating group) is 1. The lowest BCUT2D eigenvalue weighted by Crippen LogP contribution is -2.38. The minimum absolute atomic E-state index is 0.243. The molecule has 2 amide bonds. The van der Waals surface area contributed by atoms with Crippen LogP contribution in [0.3, 0.4) is 0 Å². The smallest absolute Gasteiger partial charge is 0.322 e. The summed E-state index contributed by atoms with van der Waals surface area (Å²) in [4.78, 5) is 13.4. The van der Waals surface area contributed by atoms with E-state index in [1.54, 1.807) is 11.7 Å². The normalized spacial score (nSPS) is 16.4. The summed E-state index contributed by atoms with van der Waals surface area (Å²) in [7, 11) is 3.50. The standard InChI is InChI=1S/C12H20N4O2/c1-8-6-11(14-16(8)3)13-12(18)15(2)7-10(17)9-4-5-9/h6,9-10,17H,4-5,7H2,1-3H3,(H,13,14,18). The van der Waals surface area contributed by atoms with E-state index in [1.807, 2.05) is 20.0 Å². The average Bonchev–Trinajstić information content (AvgIpc) is 3.07. The minimum atomic E-state index is -0.411. The van der Waals surface area contributed by atoms with E-state index in [9.17, 15) is 9.90 Å². The molecule has 1 aliphatic rings. The fourth-order valence-corrected chi connectivity index (χ4v) is 1.82. The molecule has 1 aliphatic carbocycles. The molecule has 1 aromatic rings. The Kier molecular flexibility index (Phi) is 3.56. The predicted octanol–water partition coefficient (Wildman–Crippen LogP) is 0.963. The molecule has 1 atom stereocenters. The number of amides is 2. The van der Waals surface area contributed by atoms with Crippen LogP contribution in [0.5, 0.6) is 0 Å². The molecule has 1 aromatic heterocycles. The molecule has 0 saturated heterocycles. The third-order valence-electron chi connectivity index (χ3n) is 3.32. The van der Waals surface area contributed by atoms with Crippen LogP contribution >= 0.6 is 0 Å². The molecule has 6 nitrogen and oxygen atoms in total. The van der Waals surface area contributed by atoms with Gasteiger partial charge in [0.2, 0.25) is 0 Å². The Labute approximate surface area is 107 Å². The summed E-state index contributed by atoms with van der Waals surface area (Å²) in [6.45, 7) is 2.28. The van der Waals surface area contributed by atoms with Crippen molar-refractivity contribution in [3.05, 3.63) is 11.8 Å². The van der Waals surface area contributed by atoms with Crippen molar-refractivity contribution in [2.45, 2.75) is 25.9 Å². The summed E-state index contributed by atoms with van der Waals surface area (Å²) in [5.41, 5.74) is 0.978. The van der Waals surface area contributed by atoms with Crippen LogP contribution in [0.1, 0.15) is 18.5 Å². The Morgan fingerprint density at radius 3 is 2.89 bits per heavy atom. The fraction of sp³-hybridized carbons (Fsp3) is 0.667. The van der Waals surface area contributed by atoms with Crippen molar-refractivity contribution in [3.63, 3.8) is 0 Å². The van der Waals surface area contributed by atoms with Crippen molar-refractivity contribution in [1.29, 1.82) is 0 Å². The molecule has 1 heterocycles. The Morgan fingerprint density at radius 1 is 1.72 bits per heavy atom. The zero-order valence-electron chi connectivity index (χ0n) is 11.1. The van der Waals surface area contributed by atoms with E-state index in [4.69, 9.17) is 0 Å². The first-order chi connectivity index (χ1) is 8.47. The number of rotatable bonds is 4. The van der Waals surface area contributed by atoms with Crippen LogP contribution < -0.4 is 5.32 Å². The highest BCUT2D eigenvalue weighted by molar-refractivity contribution is 5.88. The van der Waals surface area contributed by atoms with Gasteiger partial charge < -0.3 is 10.0 Å². The Bertz CT molecular complexity index is 420. The summed E-state index contributed by atoms with van der Waals surface area (Å²) in [5, 5.41) is 16.6. The number of aliphatic hydroxyl groups is 1. The van der Waals surface area contributed by atoms with E-state index >= 15 is 0 Å². The van der Waals surface area contributed by atoms with Gasteiger partial charge >= 0.3 is 6.03 Å². The van der Waals surface area contributed by atoms with Crippen LogP contribution in [0, 0.1) is 12.8 Å². The average molecular weight is 252 g/mol. The van der Waals surface area contributed by atoms with Crippen molar-refractivity contribution in [2.24, 2.45) is 13.0 Å². The SMILES string of the molecule is Cc1cc(NC(=O)N(C)CC(O)C2CC2)nn1C. The van der Waals surface area contributed by atoms with Crippen molar-refractivity contribution in [3.8, 4) is 0 Å². The van der Waals surface area contributed by atoms with Gasteiger partial charge in [-0.1, -0.05) is 0 Å². The van der Waals surface area contributed by atoms with E-state index in [1.165, 1.54) is 4.90 Å². The number of anilines is 1. The molecule has 1 fully saturated rings. The highest BCUT2D eigenvalue weighted by Crippen LogP contribution is 2.32. The van der Waals surface area contributed by atoms with Crippen molar-refractivity contribution in [2.75, 3.05) is 18.9 Å². The lowest BCUT2D eigenvalue weighted by Gasteiger charge is -2.20. The number of hydrogen-bond acceptors (Lipinski definition) is 3. The van der Waals surface area contributed by atoms with Gasteiger partial charge in [0.15, 0.2) is 5.82 Å². The predicted molar refractivity (Wildman–Crippen MR) is 68.3 cm³/mol. The van der Waals surface area contributed by atoms with Gasteiger partial charge in [-0.05, 0) is 25.7 Å². The molecular formula is C12H20N4O2. The van der Waals surface area contributed by atoms with Gasteiger partial charge in [-0.3, -0.25) is 10.00 Å². The zero-order chi connectivity index (χ0) is 13.3. The molecule has 0 bridgehead atoms. The quantitative estimate of drug-likeness (QED) is 0.838. The molecular weight excluding hydrogens is 232 g/mol.